The van der Waals surface area contributed by atoms with Crippen LogP contribution in [0.4, 0.5) is 0 Å². The second-order valence-corrected chi connectivity index (χ2v) is 26.3. The molecule has 9 aromatic carbocycles. The number of rotatable bonds is 20. The van der Waals surface area contributed by atoms with Crippen LogP contribution in [0.2, 0.25) is 0 Å². The highest BCUT2D eigenvalue weighted by molar-refractivity contribution is 6.30. The summed E-state index contributed by atoms with van der Waals surface area (Å²) >= 11 is 0. The molecule has 10 nitrogen and oxygen atoms in total. The monoisotopic (exact) mass is 1250 g/mol. The summed E-state index contributed by atoms with van der Waals surface area (Å²) in [4.78, 5) is 62.5. The van der Waals surface area contributed by atoms with Gasteiger partial charge in [-0.2, -0.15) is 0 Å². The Morgan fingerprint density at radius 2 is 0.573 bits per heavy atom. The summed E-state index contributed by atoms with van der Waals surface area (Å²) < 4.78 is 20.0. The quantitative estimate of drug-likeness (QED) is 0.0753. The minimum atomic E-state index is -0.153. The fraction of sp³-hybridized carbons (Fsp3) is 0.186. The Morgan fingerprint density at radius 1 is 0.302 bits per heavy atom. The highest BCUT2D eigenvalue weighted by Crippen LogP contribution is 2.47. The summed E-state index contributed by atoms with van der Waals surface area (Å²) in [6, 6.07) is 72.4. The SMILES string of the molecule is CCCCC(CC)COc1ccc(-c2c(=O)n3c4ccccc4c4c(-c5ccc(-c6cccc(-c7ccc(-c8c(=O)n9c%10ccccc%10c%10c(-c%11ccc(OCC(CC)CCCC)cc%11)c(=O)n%11c%12ccccc%12c8c%11c%109)cc7)c6)cc5)c(=O)n5c6ccccc6c2c5c43)cc1. The van der Waals surface area contributed by atoms with Crippen molar-refractivity contribution in [3.8, 4) is 78.3 Å². The zero-order chi connectivity index (χ0) is 65.0. The average Bonchev–Trinajstić information content (AvgIpc) is 1.51. The second kappa shape index (κ2) is 23.4. The van der Waals surface area contributed by atoms with E-state index < -0.39 is 0 Å². The number of aromatic nitrogens is 4. The van der Waals surface area contributed by atoms with Gasteiger partial charge in [0.15, 0.2) is 0 Å². The van der Waals surface area contributed by atoms with E-state index in [0.29, 0.717) is 47.3 Å². The molecule has 0 saturated carbocycles. The van der Waals surface area contributed by atoms with Gasteiger partial charge in [0.05, 0.1) is 79.6 Å². The average molecular weight is 1260 g/mol. The molecular weight excluding hydrogens is 1180 g/mol. The molecule has 0 bridgehead atoms. The highest BCUT2D eigenvalue weighted by atomic mass is 16.5. The molecule has 0 aliphatic heterocycles. The molecule has 8 heterocycles. The smallest absolute Gasteiger partial charge is 0.264 e. The van der Waals surface area contributed by atoms with Crippen LogP contribution < -0.4 is 31.7 Å². The molecule has 2 atom stereocenters. The number of nitrogens with zero attached hydrogens (tertiary/aromatic N) is 4. The maximum Gasteiger partial charge on any atom is 0.264 e. The number of benzene rings is 9. The first-order valence-corrected chi connectivity index (χ1v) is 34.2. The van der Waals surface area contributed by atoms with Gasteiger partial charge in [0.2, 0.25) is 0 Å². The third-order valence-corrected chi connectivity index (χ3v) is 20.8. The van der Waals surface area contributed by atoms with Gasteiger partial charge in [-0.15, -0.1) is 0 Å². The Morgan fingerprint density at radius 3 is 0.854 bits per heavy atom. The molecule has 0 aliphatic rings. The highest BCUT2D eigenvalue weighted by Gasteiger charge is 2.32. The van der Waals surface area contributed by atoms with Gasteiger partial charge in [-0.3, -0.25) is 36.8 Å². The first-order chi connectivity index (χ1) is 47.2. The van der Waals surface area contributed by atoms with Gasteiger partial charge < -0.3 is 9.47 Å². The summed E-state index contributed by atoms with van der Waals surface area (Å²) in [6.45, 7) is 10.2. The van der Waals surface area contributed by atoms with E-state index in [9.17, 15) is 0 Å². The summed E-state index contributed by atoms with van der Waals surface area (Å²) in [5.74, 6) is 2.50. The number of hydrogen-bond donors (Lipinski definition) is 0. The summed E-state index contributed by atoms with van der Waals surface area (Å²) in [6.07, 6.45) is 9.06. The van der Waals surface area contributed by atoms with Gasteiger partial charge in [0, 0.05) is 43.1 Å². The lowest BCUT2D eigenvalue weighted by molar-refractivity contribution is 0.233. The van der Waals surface area contributed by atoms with E-state index in [4.69, 9.17) is 9.47 Å². The van der Waals surface area contributed by atoms with Gasteiger partial charge in [-0.1, -0.05) is 230 Å². The lowest BCUT2D eigenvalue weighted by Crippen LogP contribution is -2.20. The third-order valence-electron chi connectivity index (χ3n) is 20.8. The van der Waals surface area contributed by atoms with Gasteiger partial charge in [0.25, 0.3) is 22.2 Å². The number of unbranched alkanes of at least 4 members (excludes halogenated alkanes) is 2. The molecule has 17 rings (SSSR count). The third kappa shape index (κ3) is 8.98. The molecule has 0 saturated heterocycles. The van der Waals surface area contributed by atoms with Gasteiger partial charge in [0.1, 0.15) is 11.5 Å². The van der Waals surface area contributed by atoms with Gasteiger partial charge in [-0.25, -0.2) is 0 Å². The summed E-state index contributed by atoms with van der Waals surface area (Å²) in [5.41, 5.74) is 14.4. The molecule has 0 amide bonds. The Hall–Kier alpha value is -11.1. The van der Waals surface area contributed by atoms with Crippen LogP contribution in [0.5, 0.6) is 11.5 Å². The fourth-order valence-corrected chi connectivity index (χ4v) is 15.9. The zero-order valence-corrected chi connectivity index (χ0v) is 54.2. The predicted molar refractivity (Wildman–Crippen MR) is 395 cm³/mol. The molecule has 470 valence electrons. The Kier molecular flexibility index (Phi) is 14.3. The van der Waals surface area contributed by atoms with E-state index in [1.807, 2.05) is 187 Å². The van der Waals surface area contributed by atoms with E-state index in [0.717, 1.165) is 182 Å². The molecule has 0 spiro atoms. The number of hydrogen-bond acceptors (Lipinski definition) is 6. The molecular formula is C86H70N4O6. The van der Waals surface area contributed by atoms with Crippen molar-refractivity contribution in [2.75, 3.05) is 13.2 Å². The van der Waals surface area contributed by atoms with Crippen molar-refractivity contribution >= 4 is 87.2 Å². The molecule has 8 aromatic heterocycles. The Balaban J connectivity index is 0.731. The van der Waals surface area contributed by atoms with Gasteiger partial charge >= 0.3 is 0 Å². The first-order valence-electron chi connectivity index (χ1n) is 34.2. The van der Waals surface area contributed by atoms with E-state index in [1.165, 1.54) is 12.8 Å². The fourth-order valence-electron chi connectivity index (χ4n) is 15.9. The maximum atomic E-state index is 15.7. The van der Waals surface area contributed by atoms with Crippen LogP contribution in [0.15, 0.2) is 238 Å². The molecule has 2 unspecified atom stereocenters. The molecule has 96 heavy (non-hydrogen) atoms. The van der Waals surface area contributed by atoms with Crippen LogP contribution >= 0.6 is 0 Å². The van der Waals surface area contributed by atoms with Crippen LogP contribution in [0.3, 0.4) is 0 Å². The Labute approximate surface area is 553 Å². The molecule has 0 radical (unpaired) electrons. The van der Waals surface area contributed by atoms with E-state index in [2.05, 4.69) is 76.2 Å². The topological polar surface area (TPSA) is 104 Å². The summed E-state index contributed by atoms with van der Waals surface area (Å²) in [5, 5.41) is 6.38. The maximum absolute atomic E-state index is 15.7. The van der Waals surface area contributed by atoms with Crippen molar-refractivity contribution in [3.05, 3.63) is 260 Å². The van der Waals surface area contributed by atoms with Crippen LogP contribution in [0.1, 0.15) is 79.1 Å². The second-order valence-electron chi connectivity index (χ2n) is 26.3. The molecule has 0 aliphatic carbocycles. The largest absolute Gasteiger partial charge is 0.493 e. The van der Waals surface area contributed by atoms with Crippen LogP contribution in [0.25, 0.3) is 154 Å². The van der Waals surface area contributed by atoms with Crippen molar-refractivity contribution in [2.24, 2.45) is 11.8 Å². The number of ether oxygens (including phenoxy) is 2. The van der Waals surface area contributed by atoms with E-state index >= 15 is 19.2 Å². The normalized spacial score (nSPS) is 12.9. The van der Waals surface area contributed by atoms with Crippen molar-refractivity contribution in [2.45, 2.75) is 79.1 Å². The molecule has 0 fully saturated rings. The van der Waals surface area contributed by atoms with Crippen LogP contribution in [-0.4, -0.2) is 30.8 Å². The van der Waals surface area contributed by atoms with Crippen LogP contribution in [0, 0.1) is 11.8 Å². The van der Waals surface area contributed by atoms with Crippen molar-refractivity contribution < 1.29 is 9.47 Å². The van der Waals surface area contributed by atoms with Crippen molar-refractivity contribution in [3.63, 3.8) is 0 Å². The number of pyridine rings is 4. The zero-order valence-electron chi connectivity index (χ0n) is 54.2. The van der Waals surface area contributed by atoms with Crippen molar-refractivity contribution in [1.29, 1.82) is 0 Å². The van der Waals surface area contributed by atoms with E-state index in [-0.39, 0.29) is 22.2 Å². The number of fused-ring (bicyclic) bond motifs is 12. The lowest BCUT2D eigenvalue weighted by atomic mass is 9.94. The van der Waals surface area contributed by atoms with Crippen LogP contribution in [-0.2, 0) is 0 Å². The molecule has 17 aromatic rings. The first kappa shape index (κ1) is 58.7. The standard InChI is InChI=1S/C86H70N4O6/c1-5-9-20-51(7-3)49-95-61-44-40-57(41-45-61)73-77-65-26-13-17-30-69(65)87-81(77)79-75(63-24-11-15-28-67(63)89(79)85(73)93)71(83(87)91)55-36-32-53(33-37-55)59-22-19-23-60(48-59)54-34-38-56(39-35-54)72-76-64-25-12-16-29-68(64)90-80(76)82-78(66-27-14-18-31-70(66)88(82)84(72)92)74(86(90)94)58-42-46-62(47-43-58)96-50-52(8-4)21-10-6-2/h11-19,22-48,51-52H,5-10,20-21,49-50H2,1-4H3. The summed E-state index contributed by atoms with van der Waals surface area (Å²) in [7, 11) is 0. The molecule has 0 N–H and O–H groups in total. The predicted octanol–water partition coefficient (Wildman–Crippen LogP) is 20.0. The van der Waals surface area contributed by atoms with Crippen molar-refractivity contribution in [1.82, 2.24) is 17.6 Å². The minimum absolute atomic E-state index is 0.143. The molecule has 10 heteroatoms. The number of para-hydroxylation sites is 4. The van der Waals surface area contributed by atoms with E-state index in [1.54, 1.807) is 0 Å². The van der Waals surface area contributed by atoms with Gasteiger partial charge in [-0.05, 0) is 124 Å². The lowest BCUT2D eigenvalue weighted by Gasteiger charge is -2.16. The minimum Gasteiger partial charge on any atom is -0.493 e. The Bertz CT molecular complexity index is 5720.